The van der Waals surface area contributed by atoms with Crippen molar-refractivity contribution in [3.8, 4) is 17.6 Å². The van der Waals surface area contributed by atoms with Gasteiger partial charge in [-0.1, -0.05) is 11.8 Å². The summed E-state index contributed by atoms with van der Waals surface area (Å²) in [6, 6.07) is 5.36. The molecule has 0 bridgehead atoms. The predicted molar refractivity (Wildman–Crippen MR) is 99.6 cm³/mol. The third-order valence-corrected chi connectivity index (χ3v) is 5.26. The van der Waals surface area contributed by atoms with E-state index in [2.05, 4.69) is 27.3 Å². The summed E-state index contributed by atoms with van der Waals surface area (Å²) >= 11 is 4.30. The van der Waals surface area contributed by atoms with Gasteiger partial charge in [0, 0.05) is 12.3 Å². The van der Waals surface area contributed by atoms with Crippen LogP contribution in [0.3, 0.4) is 0 Å². The molecule has 9 heteroatoms. The molecule has 1 aromatic carbocycles. The maximum Gasteiger partial charge on any atom is 0.316 e. The van der Waals surface area contributed by atoms with Crippen LogP contribution in [-0.4, -0.2) is 36.5 Å². The molecule has 0 radical (unpaired) electrons. The van der Waals surface area contributed by atoms with E-state index in [4.69, 9.17) is 9.47 Å². The van der Waals surface area contributed by atoms with Crippen molar-refractivity contribution in [2.24, 2.45) is 0 Å². The fourth-order valence-corrected chi connectivity index (χ4v) is 3.84. The first-order valence-corrected chi connectivity index (χ1v) is 9.48. The van der Waals surface area contributed by atoms with Crippen LogP contribution in [-0.2, 0) is 14.3 Å². The molecule has 0 aliphatic carbocycles. The molecule has 1 aliphatic heterocycles. The van der Waals surface area contributed by atoms with E-state index in [1.54, 1.807) is 19.1 Å². The Kier molecular flexibility index (Phi) is 6.94. The maximum absolute atomic E-state index is 12.1. The van der Waals surface area contributed by atoms with Crippen molar-refractivity contribution >= 4 is 39.6 Å². The van der Waals surface area contributed by atoms with Gasteiger partial charge < -0.3 is 19.9 Å². The van der Waals surface area contributed by atoms with Crippen molar-refractivity contribution in [2.45, 2.75) is 19.3 Å². The zero-order valence-corrected chi connectivity index (χ0v) is 16.6. The molecule has 1 heterocycles. The van der Waals surface area contributed by atoms with E-state index in [-0.39, 0.29) is 36.2 Å². The Morgan fingerprint density at radius 1 is 1.54 bits per heavy atom. The van der Waals surface area contributed by atoms with Gasteiger partial charge in [0.2, 0.25) is 5.91 Å². The number of nitrogens with zero attached hydrogens (tertiary/aromatic N) is 1. The highest BCUT2D eigenvalue weighted by atomic mass is 79.9. The summed E-state index contributed by atoms with van der Waals surface area (Å²) in [6.07, 6.45) is 0.0761. The molecule has 2 N–H and O–H groups in total. The molecule has 1 aliphatic rings. The quantitative estimate of drug-likeness (QED) is 0.654. The van der Waals surface area contributed by atoms with E-state index in [1.165, 1.54) is 7.11 Å². The minimum Gasteiger partial charge on any atom is -0.503 e. The van der Waals surface area contributed by atoms with Crippen molar-refractivity contribution in [2.75, 3.05) is 19.5 Å². The van der Waals surface area contributed by atoms with Gasteiger partial charge in [-0.3, -0.25) is 9.59 Å². The first-order chi connectivity index (χ1) is 12.4. The van der Waals surface area contributed by atoms with Crippen molar-refractivity contribution < 1.29 is 24.2 Å². The van der Waals surface area contributed by atoms with Crippen LogP contribution in [0.25, 0.3) is 0 Å². The predicted octanol–water partition coefficient (Wildman–Crippen LogP) is 2.80. The Morgan fingerprint density at radius 2 is 2.27 bits per heavy atom. The largest absolute Gasteiger partial charge is 0.503 e. The third kappa shape index (κ3) is 4.51. The second-order valence-electron chi connectivity index (χ2n) is 5.31. The number of esters is 1. The van der Waals surface area contributed by atoms with Gasteiger partial charge >= 0.3 is 5.97 Å². The number of phenols is 1. The highest BCUT2D eigenvalue weighted by Gasteiger charge is 2.31. The first kappa shape index (κ1) is 20.1. The molecule has 0 saturated heterocycles. The van der Waals surface area contributed by atoms with Crippen LogP contribution in [0.2, 0.25) is 0 Å². The van der Waals surface area contributed by atoms with E-state index in [1.807, 2.05) is 0 Å². The zero-order valence-electron chi connectivity index (χ0n) is 14.2. The average molecular weight is 441 g/mol. The van der Waals surface area contributed by atoms with Gasteiger partial charge in [-0.25, -0.2) is 0 Å². The summed E-state index contributed by atoms with van der Waals surface area (Å²) in [5.41, 5.74) is 0.991. The lowest BCUT2D eigenvalue weighted by molar-refractivity contribution is -0.139. The number of nitrogens with one attached hydrogen (secondary N) is 1. The molecule has 1 aromatic rings. The second-order valence-corrected chi connectivity index (χ2v) is 7.15. The van der Waals surface area contributed by atoms with Gasteiger partial charge in [-0.05, 0) is 40.5 Å². The van der Waals surface area contributed by atoms with Crippen LogP contribution in [0.4, 0.5) is 0 Å². The molecular formula is C17H17BrN2O5S. The van der Waals surface area contributed by atoms with Gasteiger partial charge in [0.25, 0.3) is 0 Å². The minimum atomic E-state index is -0.510. The Balaban J connectivity index is 2.39. The van der Waals surface area contributed by atoms with Crippen molar-refractivity contribution in [1.29, 1.82) is 5.26 Å². The van der Waals surface area contributed by atoms with Crippen LogP contribution in [0.5, 0.6) is 11.5 Å². The summed E-state index contributed by atoms with van der Waals surface area (Å²) in [4.78, 5) is 23.7. The number of amides is 1. The SMILES string of the molecule is CCOC(=O)CSC1=C(C#N)C(c2cc(Br)c(O)c(OC)c2)CC(=O)N1. The molecule has 0 fully saturated rings. The number of hydrogen-bond acceptors (Lipinski definition) is 7. The van der Waals surface area contributed by atoms with Crippen LogP contribution in [0, 0.1) is 11.3 Å². The summed E-state index contributed by atoms with van der Waals surface area (Å²) < 4.78 is 10.4. The smallest absolute Gasteiger partial charge is 0.316 e. The molecular weight excluding hydrogens is 424 g/mol. The number of hydrogen-bond donors (Lipinski definition) is 2. The Labute approximate surface area is 163 Å². The van der Waals surface area contributed by atoms with E-state index >= 15 is 0 Å². The molecule has 7 nitrogen and oxygen atoms in total. The topological polar surface area (TPSA) is 109 Å². The number of phenolic OH excluding ortho intramolecular Hbond substituents is 1. The van der Waals surface area contributed by atoms with Gasteiger partial charge in [-0.2, -0.15) is 5.26 Å². The Morgan fingerprint density at radius 3 is 2.88 bits per heavy atom. The molecule has 1 unspecified atom stereocenters. The lowest BCUT2D eigenvalue weighted by Gasteiger charge is -2.25. The normalized spacial score (nSPS) is 16.7. The number of benzene rings is 1. The molecule has 2 rings (SSSR count). The van der Waals surface area contributed by atoms with Gasteiger partial charge in [0.05, 0.1) is 40.6 Å². The Hall–Kier alpha value is -2.18. The number of nitriles is 1. The lowest BCUT2D eigenvalue weighted by atomic mass is 9.87. The van der Waals surface area contributed by atoms with Crippen molar-refractivity contribution in [3.05, 3.63) is 32.8 Å². The van der Waals surface area contributed by atoms with Crippen LogP contribution >= 0.6 is 27.7 Å². The number of allylic oxidation sites excluding steroid dienone is 1. The summed E-state index contributed by atoms with van der Waals surface area (Å²) in [5, 5.41) is 22.6. The van der Waals surface area contributed by atoms with Crippen molar-refractivity contribution in [3.63, 3.8) is 0 Å². The number of rotatable bonds is 6. The number of halogens is 1. The van der Waals surface area contributed by atoms with Gasteiger partial charge in [-0.15, -0.1) is 0 Å². The van der Waals surface area contributed by atoms with Crippen LogP contribution < -0.4 is 10.1 Å². The van der Waals surface area contributed by atoms with Crippen LogP contribution in [0.15, 0.2) is 27.2 Å². The molecule has 1 atom stereocenters. The molecule has 0 saturated carbocycles. The number of ether oxygens (including phenoxy) is 2. The van der Waals surface area contributed by atoms with Gasteiger partial charge in [0.15, 0.2) is 11.5 Å². The summed E-state index contributed by atoms with van der Waals surface area (Å²) in [5.74, 6) is -1.03. The second kappa shape index (κ2) is 8.96. The Bertz CT molecular complexity index is 803. The minimum absolute atomic E-state index is 0.00997. The highest BCUT2D eigenvalue weighted by Crippen LogP contribution is 2.42. The van der Waals surface area contributed by atoms with Crippen LogP contribution in [0.1, 0.15) is 24.8 Å². The first-order valence-electron chi connectivity index (χ1n) is 7.70. The van der Waals surface area contributed by atoms with Crippen molar-refractivity contribution in [1.82, 2.24) is 5.32 Å². The van der Waals surface area contributed by atoms with E-state index < -0.39 is 11.9 Å². The number of thioether (sulfide) groups is 1. The molecule has 26 heavy (non-hydrogen) atoms. The fraction of sp³-hybridized carbons (Fsp3) is 0.353. The molecule has 138 valence electrons. The standard InChI is InChI=1S/C17H17BrN2O5S/c1-3-25-15(22)8-26-17-11(7-19)10(6-14(21)20-17)9-4-12(18)16(23)13(5-9)24-2/h4-5,10,23H,3,6,8H2,1-2H3,(H,20,21). The number of methoxy groups -OCH3 is 1. The number of aromatic hydroxyl groups is 1. The number of carbonyl (C=O) groups is 2. The fourth-order valence-electron chi connectivity index (χ4n) is 2.50. The lowest BCUT2D eigenvalue weighted by Crippen LogP contribution is -2.31. The third-order valence-electron chi connectivity index (χ3n) is 3.67. The van der Waals surface area contributed by atoms with E-state index in [9.17, 15) is 20.0 Å². The summed E-state index contributed by atoms with van der Waals surface area (Å²) in [6.45, 7) is 1.97. The average Bonchev–Trinajstić information content (AvgIpc) is 2.61. The summed E-state index contributed by atoms with van der Waals surface area (Å²) in [7, 11) is 1.42. The van der Waals surface area contributed by atoms with Gasteiger partial charge in [0.1, 0.15) is 0 Å². The maximum atomic E-state index is 12.1. The van der Waals surface area contributed by atoms with E-state index in [0.717, 1.165) is 11.8 Å². The molecule has 0 spiro atoms. The molecule has 0 aromatic heterocycles. The number of carbonyl (C=O) groups excluding carboxylic acids is 2. The monoisotopic (exact) mass is 440 g/mol. The van der Waals surface area contributed by atoms with E-state index in [0.29, 0.717) is 20.6 Å². The highest BCUT2D eigenvalue weighted by molar-refractivity contribution is 9.10. The zero-order chi connectivity index (χ0) is 19.3. The molecule has 1 amide bonds.